The second-order valence-electron chi connectivity index (χ2n) is 12.1. The van der Waals surface area contributed by atoms with Gasteiger partial charge in [-0.2, -0.15) is 0 Å². The van der Waals surface area contributed by atoms with Crippen LogP contribution in [0.3, 0.4) is 0 Å². The van der Waals surface area contributed by atoms with Crippen molar-refractivity contribution >= 4 is 13.9 Å². The van der Waals surface area contributed by atoms with Gasteiger partial charge in [-0.05, 0) is 6.42 Å². The fourth-order valence-electron chi connectivity index (χ4n) is 4.39. The number of phosphoric acid groups is 1. The lowest BCUT2D eigenvalue weighted by Crippen LogP contribution is -2.40. The number of quaternary nitrogens is 1. The molecule has 0 rings (SSSR count). The minimum Gasteiger partial charge on any atom is -0.379 e. The minimum absolute atomic E-state index is 0.0437. The second-order valence-corrected chi connectivity index (χ2v) is 13.5. The van der Waals surface area contributed by atoms with Crippen LogP contribution in [-0.4, -0.2) is 82.6 Å². The summed E-state index contributed by atoms with van der Waals surface area (Å²) in [6.45, 7) is 3.63. The lowest BCUT2D eigenvalue weighted by molar-refractivity contribution is -0.870. The zero-order chi connectivity index (χ0) is 30.0. The average Bonchev–Trinajstić information content (AvgIpc) is 2.89. The van der Waals surface area contributed by atoms with E-state index in [4.69, 9.17) is 13.8 Å². The normalized spacial score (nSPS) is 14.2. The number of phosphoric ester groups is 1. The second kappa shape index (κ2) is 26.0. The molecule has 40 heavy (non-hydrogen) atoms. The number of carbonyl (C=O) groups excluding carboxylic acids is 1. The summed E-state index contributed by atoms with van der Waals surface area (Å²) in [7, 11) is 3.15. The van der Waals surface area contributed by atoms with E-state index < -0.39 is 20.0 Å². The van der Waals surface area contributed by atoms with Crippen LogP contribution < -0.4 is 10.6 Å². The SMILES string of the molecule is CCCCCCCCCCCCCCCCCCCCOCC(CNC(=O)NC)OP(=O)(O)OCC[N+](C)(C)C. The molecule has 0 aromatic heterocycles. The molecule has 0 aliphatic heterocycles. The molecule has 0 spiro atoms. The summed E-state index contributed by atoms with van der Waals surface area (Å²) in [5.74, 6) is 0. The maximum absolute atomic E-state index is 12.4. The van der Waals surface area contributed by atoms with Crippen molar-refractivity contribution in [1.82, 2.24) is 10.6 Å². The Balaban J connectivity index is 3.80. The minimum atomic E-state index is -4.26. The summed E-state index contributed by atoms with van der Waals surface area (Å²) in [6, 6.07) is -0.393. The smallest absolute Gasteiger partial charge is 0.379 e. The Morgan fingerprint density at radius 2 is 1.23 bits per heavy atom. The van der Waals surface area contributed by atoms with Gasteiger partial charge in [-0.1, -0.05) is 116 Å². The predicted octanol–water partition coefficient (Wildman–Crippen LogP) is 7.18. The first-order valence-corrected chi connectivity index (χ1v) is 17.6. The van der Waals surface area contributed by atoms with Crippen molar-refractivity contribution in [1.29, 1.82) is 0 Å². The Kier molecular flexibility index (Phi) is 25.5. The molecule has 0 bridgehead atoms. The number of likely N-dealkylation sites (N-methyl/N-ethyl adjacent to an activating group) is 1. The predicted molar refractivity (Wildman–Crippen MR) is 166 cm³/mol. The fraction of sp³-hybridized carbons (Fsp3) is 0.967. The Hall–Kier alpha value is -0.700. The summed E-state index contributed by atoms with van der Waals surface area (Å²) in [5, 5.41) is 5.05. The molecule has 9 nitrogen and oxygen atoms in total. The monoisotopic (exact) mass is 594 g/mol. The largest absolute Gasteiger partial charge is 0.472 e. The van der Waals surface area contributed by atoms with Gasteiger partial charge >= 0.3 is 13.9 Å². The fourth-order valence-corrected chi connectivity index (χ4v) is 5.28. The van der Waals surface area contributed by atoms with Gasteiger partial charge in [-0.15, -0.1) is 0 Å². The summed E-state index contributed by atoms with van der Waals surface area (Å²) < 4.78 is 29.1. The lowest BCUT2D eigenvalue weighted by atomic mass is 10.0. The van der Waals surface area contributed by atoms with Crippen LogP contribution in [-0.2, 0) is 18.3 Å². The summed E-state index contributed by atoms with van der Waals surface area (Å²) >= 11 is 0. The van der Waals surface area contributed by atoms with E-state index in [9.17, 15) is 14.3 Å². The Bertz CT molecular complexity index is 633. The zero-order valence-corrected chi connectivity index (χ0v) is 27.6. The Labute approximate surface area is 246 Å². The van der Waals surface area contributed by atoms with Gasteiger partial charge in [0, 0.05) is 20.2 Å². The molecule has 2 atom stereocenters. The number of urea groups is 1. The Morgan fingerprint density at radius 1 is 0.775 bits per heavy atom. The number of rotatable bonds is 29. The van der Waals surface area contributed by atoms with Crippen LogP contribution in [0.5, 0.6) is 0 Å². The van der Waals surface area contributed by atoms with E-state index in [2.05, 4.69) is 17.6 Å². The number of hydrogen-bond acceptors (Lipinski definition) is 5. The molecular weight excluding hydrogens is 529 g/mol. The molecule has 240 valence electrons. The third kappa shape index (κ3) is 28.8. The summed E-state index contributed by atoms with van der Waals surface area (Å²) in [4.78, 5) is 21.6. The van der Waals surface area contributed by atoms with Crippen molar-refractivity contribution in [2.75, 3.05) is 61.1 Å². The first kappa shape index (κ1) is 39.3. The van der Waals surface area contributed by atoms with Gasteiger partial charge in [-0.25, -0.2) is 9.36 Å². The number of carbonyl (C=O) groups is 1. The number of hydrogen-bond donors (Lipinski definition) is 3. The molecule has 0 aromatic carbocycles. The number of unbranched alkanes of at least 4 members (excludes halogenated alkanes) is 17. The molecule has 3 N–H and O–H groups in total. The highest BCUT2D eigenvalue weighted by atomic mass is 31.2. The molecule has 2 amide bonds. The van der Waals surface area contributed by atoms with Crippen LogP contribution in [0.2, 0.25) is 0 Å². The van der Waals surface area contributed by atoms with Crippen molar-refractivity contribution in [2.45, 2.75) is 129 Å². The van der Waals surface area contributed by atoms with Gasteiger partial charge < -0.3 is 24.7 Å². The van der Waals surface area contributed by atoms with Crippen LogP contribution in [0, 0.1) is 0 Å². The highest BCUT2D eigenvalue weighted by molar-refractivity contribution is 7.47. The first-order chi connectivity index (χ1) is 19.1. The van der Waals surface area contributed by atoms with Crippen LogP contribution in [0.25, 0.3) is 0 Å². The van der Waals surface area contributed by atoms with Crippen LogP contribution in [0.1, 0.15) is 122 Å². The van der Waals surface area contributed by atoms with E-state index in [1.165, 1.54) is 110 Å². The van der Waals surface area contributed by atoms with Crippen LogP contribution in [0.4, 0.5) is 4.79 Å². The number of nitrogens with one attached hydrogen (secondary N) is 2. The van der Waals surface area contributed by atoms with Gasteiger partial charge in [0.1, 0.15) is 19.3 Å². The van der Waals surface area contributed by atoms with Crippen molar-refractivity contribution in [3.8, 4) is 0 Å². The summed E-state index contributed by atoms with van der Waals surface area (Å²) in [6.07, 6.45) is 23.2. The molecule has 0 aliphatic rings. The maximum Gasteiger partial charge on any atom is 0.472 e. The number of ether oxygens (including phenoxy) is 1. The number of nitrogens with zero attached hydrogens (tertiary/aromatic N) is 1. The topological polar surface area (TPSA) is 106 Å². The van der Waals surface area contributed by atoms with Crippen molar-refractivity contribution < 1.29 is 32.5 Å². The maximum atomic E-state index is 12.4. The van der Waals surface area contributed by atoms with Crippen molar-refractivity contribution in [3.05, 3.63) is 0 Å². The van der Waals surface area contributed by atoms with Crippen molar-refractivity contribution in [3.63, 3.8) is 0 Å². The lowest BCUT2D eigenvalue weighted by Gasteiger charge is -2.25. The van der Waals surface area contributed by atoms with E-state index in [0.717, 1.165) is 12.8 Å². The van der Waals surface area contributed by atoms with Crippen molar-refractivity contribution in [2.24, 2.45) is 0 Å². The average molecular weight is 595 g/mol. The quantitative estimate of drug-likeness (QED) is 0.0481. The summed E-state index contributed by atoms with van der Waals surface area (Å²) in [5.41, 5.74) is 0. The molecule has 0 aliphatic carbocycles. The van der Waals surface area contributed by atoms with Crippen LogP contribution >= 0.6 is 7.82 Å². The van der Waals surface area contributed by atoms with E-state index in [1.54, 1.807) is 0 Å². The third-order valence-electron chi connectivity index (χ3n) is 6.96. The molecule has 10 heteroatoms. The molecule has 0 heterocycles. The van der Waals surface area contributed by atoms with E-state index >= 15 is 0 Å². The number of amides is 2. The molecule has 0 saturated carbocycles. The standard InChI is InChI=1S/C30H64N3O6P/c1-6-7-8-9-10-11-12-13-14-15-16-17-18-19-20-21-22-23-25-37-28-29(27-32-30(34)31-2)39-40(35,36)38-26-24-33(3,4)5/h29H,6-28H2,1-5H3,(H2-,31,32,34,35,36)/p+1. The zero-order valence-electron chi connectivity index (χ0n) is 26.7. The van der Waals surface area contributed by atoms with Crippen LogP contribution in [0.15, 0.2) is 0 Å². The van der Waals surface area contributed by atoms with Gasteiger partial charge in [0.15, 0.2) is 0 Å². The molecule has 0 saturated heterocycles. The molecule has 0 aromatic rings. The van der Waals surface area contributed by atoms with Gasteiger partial charge in [0.05, 0.1) is 27.7 Å². The highest BCUT2D eigenvalue weighted by Gasteiger charge is 2.28. The van der Waals surface area contributed by atoms with Gasteiger partial charge in [-0.3, -0.25) is 9.05 Å². The highest BCUT2D eigenvalue weighted by Crippen LogP contribution is 2.44. The van der Waals surface area contributed by atoms with E-state index in [0.29, 0.717) is 17.6 Å². The van der Waals surface area contributed by atoms with Gasteiger partial charge in [0.25, 0.3) is 0 Å². The third-order valence-corrected chi connectivity index (χ3v) is 8.04. The molecule has 0 fully saturated rings. The van der Waals surface area contributed by atoms with E-state index in [1.807, 2.05) is 21.1 Å². The molecule has 0 radical (unpaired) electrons. The van der Waals surface area contributed by atoms with Gasteiger partial charge in [0.2, 0.25) is 0 Å². The molecule has 2 unspecified atom stereocenters. The van der Waals surface area contributed by atoms with E-state index in [-0.39, 0.29) is 19.8 Å². The Morgan fingerprint density at radius 3 is 1.65 bits per heavy atom. The molecular formula is C30H65N3O6P+. The first-order valence-electron chi connectivity index (χ1n) is 16.1.